The molecule has 0 bridgehead atoms. The largest absolute Gasteiger partial charge is 0.457 e. The fourth-order valence-corrected chi connectivity index (χ4v) is 6.32. The molecule has 3 aliphatic rings. The number of hydrogen-bond donors (Lipinski definition) is 2. The molecule has 0 atom stereocenters. The van der Waals surface area contributed by atoms with E-state index in [-0.39, 0.29) is 0 Å². The van der Waals surface area contributed by atoms with E-state index in [1.54, 1.807) is 12.4 Å². The Labute approximate surface area is 242 Å². The van der Waals surface area contributed by atoms with Gasteiger partial charge in [0.1, 0.15) is 29.3 Å². The predicted octanol–water partition coefficient (Wildman–Crippen LogP) is 4.28. The summed E-state index contributed by atoms with van der Waals surface area (Å²) in [6.45, 7) is 14.2. The quantitative estimate of drug-likeness (QED) is 0.299. The third kappa shape index (κ3) is 6.22. The van der Waals surface area contributed by atoms with Gasteiger partial charge in [-0.25, -0.2) is 14.6 Å². The minimum atomic E-state index is 0.290. The van der Waals surface area contributed by atoms with Crippen molar-refractivity contribution in [2.75, 3.05) is 51.5 Å². The smallest absolute Gasteiger partial charge is 0.164 e. The third-order valence-corrected chi connectivity index (χ3v) is 8.91. The van der Waals surface area contributed by atoms with Crippen LogP contribution < -0.4 is 15.8 Å². The van der Waals surface area contributed by atoms with E-state index in [0.29, 0.717) is 17.6 Å². The molecule has 3 aromatic rings. The molecule has 5 heterocycles. The number of para-hydroxylation sites is 1. The van der Waals surface area contributed by atoms with Crippen LogP contribution in [-0.2, 0) is 0 Å². The molecule has 3 fully saturated rings. The lowest BCUT2D eigenvalue weighted by atomic mass is 9.93. The number of anilines is 1. The summed E-state index contributed by atoms with van der Waals surface area (Å²) in [7, 11) is 0. The molecule has 9 nitrogen and oxygen atoms in total. The summed E-state index contributed by atoms with van der Waals surface area (Å²) in [6.07, 6.45) is 11.9. The number of ether oxygens (including phenoxy) is 1. The number of likely N-dealkylation sites (tertiary alicyclic amines) is 2. The van der Waals surface area contributed by atoms with Crippen LogP contribution in [0.3, 0.4) is 0 Å². The van der Waals surface area contributed by atoms with E-state index in [1.165, 1.54) is 45.6 Å². The highest BCUT2D eigenvalue weighted by molar-refractivity contribution is 5.95. The minimum absolute atomic E-state index is 0.290. The van der Waals surface area contributed by atoms with Crippen LogP contribution in [0.2, 0.25) is 0 Å². The summed E-state index contributed by atoms with van der Waals surface area (Å²) in [4.78, 5) is 14.3. The molecule has 0 amide bonds. The van der Waals surface area contributed by atoms with E-state index in [0.717, 1.165) is 65.9 Å². The lowest BCUT2D eigenvalue weighted by molar-refractivity contribution is 0.0769. The number of rotatable bonds is 9. The maximum atomic E-state index is 6.39. The van der Waals surface area contributed by atoms with Gasteiger partial charge in [0.2, 0.25) is 0 Å². The summed E-state index contributed by atoms with van der Waals surface area (Å²) >= 11 is 0. The van der Waals surface area contributed by atoms with Crippen molar-refractivity contribution in [2.45, 2.75) is 44.7 Å². The van der Waals surface area contributed by atoms with Crippen LogP contribution in [0.4, 0.5) is 5.82 Å². The van der Waals surface area contributed by atoms with E-state index in [1.807, 2.05) is 49.4 Å². The monoisotopic (exact) mass is 554 g/mol. The van der Waals surface area contributed by atoms with E-state index < -0.39 is 0 Å². The lowest BCUT2D eigenvalue weighted by Gasteiger charge is -2.43. The molecule has 6 rings (SSSR count). The zero-order valence-corrected chi connectivity index (χ0v) is 24.1. The number of piperidine rings is 2. The average molecular weight is 555 g/mol. The predicted molar refractivity (Wildman–Crippen MR) is 164 cm³/mol. The van der Waals surface area contributed by atoms with Crippen LogP contribution in [0.25, 0.3) is 16.6 Å². The Morgan fingerprint density at radius 1 is 1.02 bits per heavy atom. The Kier molecular flexibility index (Phi) is 8.46. The molecule has 2 aromatic heterocycles. The molecule has 3 saturated heterocycles. The van der Waals surface area contributed by atoms with Crippen molar-refractivity contribution in [1.29, 1.82) is 0 Å². The number of hydrogen-bond acceptors (Lipinski definition) is 8. The van der Waals surface area contributed by atoms with Crippen molar-refractivity contribution >= 4 is 22.4 Å². The maximum absolute atomic E-state index is 6.39. The van der Waals surface area contributed by atoms with E-state index in [4.69, 9.17) is 15.6 Å². The van der Waals surface area contributed by atoms with Crippen LogP contribution in [0.5, 0.6) is 5.75 Å². The van der Waals surface area contributed by atoms with Crippen LogP contribution >= 0.6 is 0 Å². The third-order valence-electron chi connectivity index (χ3n) is 8.91. The first-order chi connectivity index (χ1) is 20.1. The SMILES string of the molecule is C=C/C(=C\C=C(/C)c1nn(C2CCN(CC3CCN(C4CNC4)CC3)CC2)c2ncnc(N)c12)Oc1ccccc1. The van der Waals surface area contributed by atoms with Crippen LogP contribution in [0.15, 0.2) is 67.2 Å². The summed E-state index contributed by atoms with van der Waals surface area (Å²) in [6, 6.07) is 10.8. The second kappa shape index (κ2) is 12.5. The van der Waals surface area contributed by atoms with Crippen molar-refractivity contribution in [1.82, 2.24) is 34.9 Å². The van der Waals surface area contributed by atoms with Crippen molar-refractivity contribution in [3.63, 3.8) is 0 Å². The van der Waals surface area contributed by atoms with Gasteiger partial charge in [-0.05, 0) is 81.5 Å². The topological polar surface area (TPSA) is 97.4 Å². The Morgan fingerprint density at radius 3 is 2.46 bits per heavy atom. The molecular formula is C32H42N8O. The number of nitrogens with one attached hydrogen (secondary N) is 1. The average Bonchev–Trinajstić information content (AvgIpc) is 3.37. The highest BCUT2D eigenvalue weighted by Gasteiger charge is 2.31. The Hall–Kier alpha value is -3.53. The van der Waals surface area contributed by atoms with Crippen LogP contribution in [-0.4, -0.2) is 81.4 Å². The lowest BCUT2D eigenvalue weighted by Crippen LogP contribution is -2.59. The van der Waals surface area contributed by atoms with Gasteiger partial charge in [0.05, 0.1) is 11.4 Å². The highest BCUT2D eigenvalue weighted by atomic mass is 16.5. The molecule has 0 aliphatic carbocycles. The molecule has 41 heavy (non-hydrogen) atoms. The van der Waals surface area contributed by atoms with Crippen molar-refractivity contribution in [3.05, 3.63) is 72.9 Å². The molecule has 0 radical (unpaired) electrons. The number of aromatic nitrogens is 4. The molecular weight excluding hydrogens is 512 g/mol. The van der Waals surface area contributed by atoms with Crippen LogP contribution in [0.1, 0.15) is 44.3 Å². The number of allylic oxidation sites excluding steroid dienone is 4. The summed E-state index contributed by atoms with van der Waals surface area (Å²) in [5.74, 6) is 2.69. The second-order valence-electron chi connectivity index (χ2n) is 11.6. The van der Waals surface area contributed by atoms with E-state index in [2.05, 4.69) is 36.3 Å². The van der Waals surface area contributed by atoms with Gasteiger partial charge in [0.25, 0.3) is 0 Å². The molecule has 216 valence electrons. The molecule has 0 spiro atoms. The van der Waals surface area contributed by atoms with Gasteiger partial charge < -0.3 is 20.7 Å². The molecule has 3 N–H and O–H groups in total. The fourth-order valence-electron chi connectivity index (χ4n) is 6.32. The zero-order valence-electron chi connectivity index (χ0n) is 24.1. The maximum Gasteiger partial charge on any atom is 0.164 e. The van der Waals surface area contributed by atoms with E-state index >= 15 is 0 Å². The molecule has 9 heteroatoms. The van der Waals surface area contributed by atoms with E-state index in [9.17, 15) is 0 Å². The van der Waals surface area contributed by atoms with Gasteiger partial charge in [-0.15, -0.1) is 0 Å². The van der Waals surface area contributed by atoms with Gasteiger partial charge in [-0.1, -0.05) is 30.9 Å². The Bertz CT molecular complexity index is 1390. The van der Waals surface area contributed by atoms with Gasteiger partial charge >= 0.3 is 0 Å². The zero-order chi connectivity index (χ0) is 28.2. The minimum Gasteiger partial charge on any atom is -0.457 e. The Balaban J connectivity index is 1.13. The highest BCUT2D eigenvalue weighted by Crippen LogP contribution is 2.33. The van der Waals surface area contributed by atoms with Crippen molar-refractivity contribution in [2.24, 2.45) is 5.92 Å². The van der Waals surface area contributed by atoms with Gasteiger partial charge in [-0.3, -0.25) is 4.90 Å². The first-order valence-electron chi connectivity index (χ1n) is 15.0. The number of fused-ring (bicyclic) bond motifs is 1. The summed E-state index contributed by atoms with van der Waals surface area (Å²) < 4.78 is 8.06. The van der Waals surface area contributed by atoms with Gasteiger partial charge in [-0.2, -0.15) is 5.10 Å². The molecule has 3 aliphatic heterocycles. The summed E-state index contributed by atoms with van der Waals surface area (Å²) in [5, 5.41) is 9.31. The molecule has 1 aromatic carbocycles. The second-order valence-corrected chi connectivity index (χ2v) is 11.6. The first kappa shape index (κ1) is 27.6. The van der Waals surface area contributed by atoms with Gasteiger partial charge in [0.15, 0.2) is 5.65 Å². The first-order valence-corrected chi connectivity index (χ1v) is 15.0. The van der Waals surface area contributed by atoms with Gasteiger partial charge in [0, 0.05) is 38.8 Å². The standard InChI is InChI=1S/C32H42N8O/c1-3-27(41-28-7-5-4-6-8-28)10-9-23(2)30-29-31(33)35-22-36-32(29)40(37-30)25-13-15-38(16-14-25)21-24-11-17-39(18-12-24)26-19-34-20-26/h3-10,22,24-26,34H,1,11-21H2,2H3,(H2,33,35,36)/b23-9+,27-10+. The Morgan fingerprint density at radius 2 is 1.78 bits per heavy atom. The normalized spacial score (nSPS) is 20.8. The number of nitrogens with zero attached hydrogens (tertiary/aromatic N) is 6. The number of benzene rings is 1. The number of nitrogen functional groups attached to an aromatic ring is 1. The van der Waals surface area contributed by atoms with Crippen molar-refractivity contribution in [3.8, 4) is 5.75 Å². The fraction of sp³-hybridized carbons (Fsp3) is 0.469. The molecule has 0 unspecified atom stereocenters. The van der Waals surface area contributed by atoms with Crippen LogP contribution in [0, 0.1) is 5.92 Å². The number of nitrogens with two attached hydrogens (primary N) is 1. The molecule has 0 saturated carbocycles. The summed E-state index contributed by atoms with van der Waals surface area (Å²) in [5.41, 5.74) is 8.97. The van der Waals surface area contributed by atoms with Crippen molar-refractivity contribution < 1.29 is 4.74 Å².